The molecular weight excluding hydrogens is 250 g/mol. The minimum atomic E-state index is 0.174. The highest BCUT2D eigenvalue weighted by Crippen LogP contribution is 2.15. The molecule has 0 amide bonds. The minimum Gasteiger partial charge on any atom is -0.495 e. The summed E-state index contributed by atoms with van der Waals surface area (Å²) in [6, 6.07) is 7.33. The van der Waals surface area contributed by atoms with E-state index in [1.165, 1.54) is 0 Å². The van der Waals surface area contributed by atoms with Crippen LogP contribution in [-0.2, 0) is 0 Å². The van der Waals surface area contributed by atoms with Crippen LogP contribution in [0, 0.1) is 11.8 Å². The van der Waals surface area contributed by atoms with Crippen LogP contribution in [0.4, 0.5) is 0 Å². The quantitative estimate of drug-likeness (QED) is 0.392. The summed E-state index contributed by atoms with van der Waals surface area (Å²) in [4.78, 5) is 0. The highest BCUT2D eigenvalue weighted by atomic mass is 16.5. The lowest BCUT2D eigenvalue weighted by Crippen LogP contribution is -2.55. The van der Waals surface area contributed by atoms with E-state index >= 15 is 0 Å². The Labute approximate surface area is 131 Å². The van der Waals surface area contributed by atoms with E-state index in [1.807, 2.05) is 24.3 Å². The summed E-state index contributed by atoms with van der Waals surface area (Å²) in [5.41, 5.74) is 2.06. The van der Waals surface area contributed by atoms with Gasteiger partial charge < -0.3 is 4.74 Å². The van der Waals surface area contributed by atoms with Gasteiger partial charge in [0.25, 0.3) is 0 Å². The van der Waals surface area contributed by atoms with Gasteiger partial charge in [-0.05, 0) is 12.1 Å². The fourth-order valence-corrected chi connectivity index (χ4v) is 1.86. The summed E-state index contributed by atoms with van der Waals surface area (Å²) < 4.78 is 5.23. The molecule has 0 N–H and O–H groups in total. The molecule has 6 heteroatoms. The Hall–Kier alpha value is -1.88. The van der Waals surface area contributed by atoms with Crippen molar-refractivity contribution in [2.75, 3.05) is 7.11 Å². The Balaban J connectivity index is 2.59. The van der Waals surface area contributed by atoms with E-state index in [4.69, 9.17) is 44.0 Å². The van der Waals surface area contributed by atoms with Gasteiger partial charge in [0.2, 0.25) is 0 Å². The lowest BCUT2D eigenvalue weighted by Gasteiger charge is -2.17. The predicted octanol–water partition coefficient (Wildman–Crippen LogP) is -2.94. The van der Waals surface area contributed by atoms with Gasteiger partial charge in [-0.1, -0.05) is 34.9 Å². The number of benzene rings is 2. The van der Waals surface area contributed by atoms with Crippen molar-refractivity contribution in [2.24, 2.45) is 0 Å². The summed E-state index contributed by atoms with van der Waals surface area (Å²) >= 11 is 0. The van der Waals surface area contributed by atoms with Crippen molar-refractivity contribution in [3.63, 3.8) is 0 Å². The van der Waals surface area contributed by atoms with E-state index in [1.54, 1.807) is 7.11 Å². The van der Waals surface area contributed by atoms with E-state index in [2.05, 4.69) is 11.8 Å². The molecule has 88 valence electrons. The third kappa shape index (κ3) is 2.93. The van der Waals surface area contributed by atoms with E-state index in [0.29, 0.717) is 16.9 Å². The van der Waals surface area contributed by atoms with Gasteiger partial charge >= 0.3 is 0 Å². The zero-order valence-electron chi connectivity index (χ0n) is 11.6. The highest BCUT2D eigenvalue weighted by molar-refractivity contribution is 6.67. The molecule has 0 heterocycles. The van der Waals surface area contributed by atoms with Gasteiger partial charge in [0.15, 0.2) is 0 Å². The molecule has 0 unspecified atom stereocenters. The Morgan fingerprint density at radius 3 is 1.86 bits per heavy atom. The molecule has 0 fully saturated rings. The van der Waals surface area contributed by atoms with Gasteiger partial charge in [0.1, 0.15) is 45.0 Å². The molecule has 10 radical (unpaired) electrons. The number of methoxy groups -OCH3 is 1. The first-order valence-corrected chi connectivity index (χ1v) is 6.13. The maximum atomic E-state index is 5.91. The van der Waals surface area contributed by atoms with Gasteiger partial charge in [-0.2, -0.15) is 0 Å². The lowest BCUT2D eigenvalue weighted by molar-refractivity contribution is 0.413. The third-order valence-electron chi connectivity index (χ3n) is 3.13. The Bertz CT molecular complexity index is 730. The Kier molecular flexibility index (Phi) is 4.63. The molecule has 2 rings (SSSR count). The molecule has 0 bridgehead atoms. The molecule has 0 aromatic heterocycles. The molecule has 0 aliphatic rings. The van der Waals surface area contributed by atoms with E-state index < -0.39 is 0 Å². The van der Waals surface area contributed by atoms with Crippen LogP contribution in [0.2, 0.25) is 0 Å². The second-order valence-corrected chi connectivity index (χ2v) is 4.39. The first-order valence-electron chi connectivity index (χ1n) is 6.13. The zero-order valence-corrected chi connectivity index (χ0v) is 11.6. The average Bonchev–Trinajstić information content (AvgIpc) is 2.51. The standard InChI is InChI=1S/C15H7B5O/c1-21-10-5-3-2-4-8(10)6-7-9-11(16)13(18)15(20)14(19)12(9)17/h2-5H,1H3. The van der Waals surface area contributed by atoms with E-state index in [0.717, 1.165) is 0 Å². The Morgan fingerprint density at radius 1 is 0.762 bits per heavy atom. The number of ether oxygens (including phenoxy) is 1. The monoisotopic (exact) mass is 258 g/mol. The summed E-state index contributed by atoms with van der Waals surface area (Å²) in [5.74, 6) is 6.49. The Morgan fingerprint density at radius 2 is 1.29 bits per heavy atom. The SMILES string of the molecule is [B]c1c([B])c([B])c(C#Cc2ccccc2OC)c([B])c1[B]. The number of hydrogen-bond acceptors (Lipinski definition) is 1. The molecule has 0 saturated carbocycles. The average molecular weight is 257 g/mol. The highest BCUT2D eigenvalue weighted by Gasteiger charge is 2.08. The smallest absolute Gasteiger partial charge is 0.134 e. The van der Waals surface area contributed by atoms with Gasteiger partial charge in [0.05, 0.1) is 12.7 Å². The van der Waals surface area contributed by atoms with Crippen LogP contribution in [0.15, 0.2) is 24.3 Å². The van der Waals surface area contributed by atoms with Crippen molar-refractivity contribution < 1.29 is 4.74 Å². The van der Waals surface area contributed by atoms with Crippen LogP contribution in [0.25, 0.3) is 0 Å². The normalized spacial score (nSPS) is 9.76. The molecule has 0 aliphatic heterocycles. The number of hydrogen-bond donors (Lipinski definition) is 0. The van der Waals surface area contributed by atoms with Crippen molar-refractivity contribution >= 4 is 66.5 Å². The zero-order chi connectivity index (χ0) is 15.6. The maximum Gasteiger partial charge on any atom is 0.134 e. The topological polar surface area (TPSA) is 9.23 Å². The van der Waals surface area contributed by atoms with Crippen LogP contribution in [0.1, 0.15) is 11.1 Å². The molecule has 2 aromatic rings. The molecular formula is C15H7B5O. The van der Waals surface area contributed by atoms with E-state index in [-0.39, 0.29) is 27.3 Å². The van der Waals surface area contributed by atoms with Gasteiger partial charge in [-0.25, -0.2) is 0 Å². The van der Waals surface area contributed by atoms with E-state index in [9.17, 15) is 0 Å². The first-order chi connectivity index (χ1) is 9.97. The largest absolute Gasteiger partial charge is 0.495 e. The van der Waals surface area contributed by atoms with Crippen LogP contribution in [-0.4, -0.2) is 46.3 Å². The van der Waals surface area contributed by atoms with Gasteiger partial charge in [0, 0.05) is 5.56 Å². The second kappa shape index (κ2) is 6.27. The second-order valence-electron chi connectivity index (χ2n) is 4.39. The summed E-state index contributed by atoms with van der Waals surface area (Å²) in [5, 5.41) is 0. The fraction of sp³-hybridized carbons (Fsp3) is 0.0667. The van der Waals surface area contributed by atoms with Crippen molar-refractivity contribution in [3.8, 4) is 17.6 Å². The maximum absolute atomic E-state index is 5.91. The molecule has 0 spiro atoms. The van der Waals surface area contributed by atoms with Crippen LogP contribution >= 0.6 is 0 Å². The third-order valence-corrected chi connectivity index (χ3v) is 3.13. The summed E-state index contributed by atoms with van der Waals surface area (Å²) in [6.45, 7) is 0. The summed E-state index contributed by atoms with van der Waals surface area (Å²) in [6.07, 6.45) is 0. The molecule has 1 nitrogen and oxygen atoms in total. The molecule has 0 atom stereocenters. The predicted molar refractivity (Wildman–Crippen MR) is 92.4 cm³/mol. The minimum absolute atomic E-state index is 0.174. The van der Waals surface area contributed by atoms with Crippen molar-refractivity contribution in [1.29, 1.82) is 0 Å². The number of rotatable bonds is 1. The van der Waals surface area contributed by atoms with Crippen molar-refractivity contribution in [1.82, 2.24) is 0 Å². The van der Waals surface area contributed by atoms with Gasteiger partial charge in [-0.3, -0.25) is 0 Å². The fourth-order valence-electron chi connectivity index (χ4n) is 1.86. The lowest BCUT2D eigenvalue weighted by atomic mass is 9.60. The molecule has 0 saturated heterocycles. The van der Waals surface area contributed by atoms with Crippen LogP contribution < -0.4 is 32.1 Å². The number of para-hydroxylation sites is 1. The van der Waals surface area contributed by atoms with Crippen molar-refractivity contribution in [3.05, 3.63) is 35.4 Å². The van der Waals surface area contributed by atoms with Crippen LogP contribution in [0.3, 0.4) is 0 Å². The first kappa shape index (κ1) is 15.5. The summed E-state index contributed by atoms with van der Waals surface area (Å²) in [7, 11) is 30.7. The molecule has 21 heavy (non-hydrogen) atoms. The van der Waals surface area contributed by atoms with Crippen molar-refractivity contribution in [2.45, 2.75) is 0 Å². The molecule has 0 aliphatic carbocycles. The van der Waals surface area contributed by atoms with Crippen LogP contribution in [0.5, 0.6) is 5.75 Å². The van der Waals surface area contributed by atoms with Gasteiger partial charge in [-0.15, -0.1) is 16.4 Å². The molecule has 2 aromatic carbocycles.